The lowest BCUT2D eigenvalue weighted by atomic mass is 9.79. The van der Waals surface area contributed by atoms with Crippen LogP contribution in [-0.4, -0.2) is 69.6 Å². The maximum absolute atomic E-state index is 13.2. The van der Waals surface area contributed by atoms with Crippen molar-refractivity contribution in [3.63, 3.8) is 0 Å². The van der Waals surface area contributed by atoms with E-state index in [0.29, 0.717) is 25.7 Å². The van der Waals surface area contributed by atoms with E-state index in [0.717, 1.165) is 0 Å². The maximum atomic E-state index is 13.2. The Balaban J connectivity index is 2.04. The number of carbonyl (C=O) groups is 6. The molecule has 9 N–H and O–H groups in total. The Morgan fingerprint density at radius 1 is 0.690 bits per heavy atom. The maximum Gasteiger partial charge on any atom is 0.327 e. The Bertz CT molecular complexity index is 1040. The van der Waals surface area contributed by atoms with Crippen molar-refractivity contribution in [2.45, 2.75) is 135 Å². The van der Waals surface area contributed by atoms with Gasteiger partial charge in [0, 0.05) is 40.7 Å². The smallest absolute Gasteiger partial charge is 0.327 e. The van der Waals surface area contributed by atoms with Gasteiger partial charge in [0.2, 0.25) is 17.6 Å². The van der Waals surface area contributed by atoms with Crippen molar-refractivity contribution >= 4 is 35.3 Å². The Morgan fingerprint density at radius 3 is 1.55 bits per heavy atom. The van der Waals surface area contributed by atoms with Crippen LogP contribution in [0.25, 0.3) is 0 Å². The second-order valence-corrected chi connectivity index (χ2v) is 14.3. The number of nitrogens with two attached hydrogens (primary N) is 1. The number of Topliss-reactive ketones (excluding diaryl/α,β-unsaturated/α-hetero) is 1. The first-order valence-corrected chi connectivity index (χ1v) is 14.5. The van der Waals surface area contributed by atoms with E-state index in [1.807, 2.05) is 66.2 Å². The SMILES string of the molecule is CC1(C)CC(NC(=O)C(=O)NNC(=O)C(CCCC(=O)NN)C(=O)C(=O)NC2CC(C)(C)NC(C)(C)C2)CC(C)(C)N1. The number of piperidine rings is 2. The number of hydrazine groups is 2. The van der Waals surface area contributed by atoms with Gasteiger partial charge in [-0.05, 0) is 93.9 Å². The summed E-state index contributed by atoms with van der Waals surface area (Å²) in [7, 11) is 0. The van der Waals surface area contributed by atoms with Gasteiger partial charge in [0.1, 0.15) is 5.92 Å². The van der Waals surface area contributed by atoms with E-state index in [4.69, 9.17) is 5.84 Å². The standard InChI is InChI=1S/C28H50N8O6/c1-25(2)12-16(13-26(3,4)35-25)30-22(40)20(38)18(10-9-11-19(37)32-29)21(39)33-34-24(42)23(41)31-17-14-27(5,6)36-28(7,8)15-17/h16-18,35-36H,9-15,29H2,1-8H3,(H,30,40)(H,31,41)(H,32,37)(H,33,39)(H,34,42). The number of hydrogen-bond acceptors (Lipinski definition) is 9. The molecule has 2 rings (SSSR count). The van der Waals surface area contributed by atoms with E-state index < -0.39 is 41.2 Å². The summed E-state index contributed by atoms with van der Waals surface area (Å²) in [6.07, 6.45) is 2.16. The quantitative estimate of drug-likeness (QED) is 0.0558. The fraction of sp³-hybridized carbons (Fsp3) is 0.786. The second-order valence-electron chi connectivity index (χ2n) is 14.3. The van der Waals surface area contributed by atoms with Gasteiger partial charge in [-0.2, -0.15) is 0 Å². The number of rotatable bonds is 9. The molecule has 2 aliphatic rings. The van der Waals surface area contributed by atoms with Crippen LogP contribution in [0, 0.1) is 5.92 Å². The molecule has 0 aromatic carbocycles. The van der Waals surface area contributed by atoms with E-state index in [2.05, 4.69) is 26.7 Å². The molecule has 14 nitrogen and oxygen atoms in total. The van der Waals surface area contributed by atoms with Gasteiger partial charge in [-0.25, -0.2) is 5.84 Å². The van der Waals surface area contributed by atoms with Crippen molar-refractivity contribution < 1.29 is 28.8 Å². The number of carbonyl (C=O) groups excluding carboxylic acids is 6. The Hall–Kier alpha value is -3.10. The molecule has 0 bridgehead atoms. The molecule has 42 heavy (non-hydrogen) atoms. The van der Waals surface area contributed by atoms with Crippen molar-refractivity contribution in [1.82, 2.24) is 37.5 Å². The fourth-order valence-corrected chi connectivity index (χ4v) is 6.70. The Morgan fingerprint density at radius 2 is 1.12 bits per heavy atom. The van der Waals surface area contributed by atoms with Crippen LogP contribution in [0.1, 0.15) is 100 Å². The van der Waals surface area contributed by atoms with Gasteiger partial charge in [0.15, 0.2) is 0 Å². The average Bonchev–Trinajstić information content (AvgIpc) is 2.80. The summed E-state index contributed by atoms with van der Waals surface area (Å²) in [5, 5.41) is 12.4. The minimum Gasteiger partial charge on any atom is -0.347 e. The molecule has 0 saturated carbocycles. The highest BCUT2D eigenvalue weighted by Gasteiger charge is 2.41. The number of hydrogen-bond donors (Lipinski definition) is 8. The van der Waals surface area contributed by atoms with Crippen LogP contribution < -0.4 is 43.4 Å². The summed E-state index contributed by atoms with van der Waals surface area (Å²) < 4.78 is 0. The van der Waals surface area contributed by atoms with E-state index >= 15 is 0 Å². The lowest BCUT2D eigenvalue weighted by Crippen LogP contribution is -2.63. The van der Waals surface area contributed by atoms with Crippen molar-refractivity contribution in [1.29, 1.82) is 0 Å². The van der Waals surface area contributed by atoms with E-state index in [-0.39, 0.29) is 53.5 Å². The van der Waals surface area contributed by atoms with E-state index in [1.54, 1.807) is 0 Å². The normalized spacial score (nSPS) is 21.7. The third-order valence-electron chi connectivity index (χ3n) is 7.47. The molecule has 2 fully saturated rings. The van der Waals surface area contributed by atoms with Crippen molar-refractivity contribution in [3.05, 3.63) is 0 Å². The molecule has 0 spiro atoms. The molecule has 2 heterocycles. The highest BCUT2D eigenvalue weighted by molar-refractivity contribution is 6.40. The monoisotopic (exact) mass is 594 g/mol. The van der Waals surface area contributed by atoms with E-state index in [9.17, 15) is 28.8 Å². The zero-order chi connectivity index (χ0) is 32.1. The van der Waals surface area contributed by atoms with Gasteiger partial charge in [0.25, 0.3) is 5.91 Å². The van der Waals surface area contributed by atoms with Crippen LogP contribution in [0.4, 0.5) is 0 Å². The van der Waals surface area contributed by atoms with Crippen LogP contribution in [0.2, 0.25) is 0 Å². The molecule has 0 radical (unpaired) electrons. The minimum atomic E-state index is -1.51. The highest BCUT2D eigenvalue weighted by atomic mass is 16.2. The first-order valence-electron chi connectivity index (χ1n) is 14.5. The predicted octanol–water partition coefficient (Wildman–Crippen LogP) is -0.670. The van der Waals surface area contributed by atoms with Crippen LogP contribution in [-0.2, 0) is 28.8 Å². The van der Waals surface area contributed by atoms with Crippen LogP contribution in [0.15, 0.2) is 0 Å². The molecule has 5 amide bonds. The molecule has 1 unspecified atom stereocenters. The number of amides is 5. The Labute approximate surface area is 248 Å². The molecule has 2 saturated heterocycles. The van der Waals surface area contributed by atoms with Gasteiger partial charge in [-0.15, -0.1) is 0 Å². The first-order chi connectivity index (χ1) is 19.1. The summed E-state index contributed by atoms with van der Waals surface area (Å²) in [4.78, 5) is 75.8. The third kappa shape index (κ3) is 11.0. The average molecular weight is 595 g/mol. The number of nitrogens with one attached hydrogen (secondary N) is 7. The number of ketones is 1. The van der Waals surface area contributed by atoms with Gasteiger partial charge < -0.3 is 21.3 Å². The fourth-order valence-electron chi connectivity index (χ4n) is 6.70. The first kappa shape index (κ1) is 35.1. The summed E-state index contributed by atoms with van der Waals surface area (Å²) in [6, 6.07) is -0.588. The molecule has 0 aromatic heterocycles. The van der Waals surface area contributed by atoms with Crippen LogP contribution in [0.5, 0.6) is 0 Å². The Kier molecular flexibility index (Phi) is 11.3. The zero-order valence-electron chi connectivity index (χ0n) is 26.2. The molecular weight excluding hydrogens is 544 g/mol. The molecule has 238 valence electrons. The van der Waals surface area contributed by atoms with Crippen molar-refractivity contribution in [2.24, 2.45) is 11.8 Å². The van der Waals surface area contributed by atoms with Crippen LogP contribution >= 0.6 is 0 Å². The van der Waals surface area contributed by atoms with Crippen LogP contribution in [0.3, 0.4) is 0 Å². The molecular formula is C28H50N8O6. The van der Waals surface area contributed by atoms with E-state index in [1.165, 1.54) is 0 Å². The van der Waals surface area contributed by atoms with Gasteiger partial charge in [-0.3, -0.25) is 45.0 Å². The van der Waals surface area contributed by atoms with Crippen molar-refractivity contribution in [3.8, 4) is 0 Å². The minimum absolute atomic E-state index is 0.0727. The van der Waals surface area contributed by atoms with Gasteiger partial charge >= 0.3 is 11.8 Å². The summed E-state index contributed by atoms with van der Waals surface area (Å²) in [6.45, 7) is 16.0. The summed E-state index contributed by atoms with van der Waals surface area (Å²) in [5.74, 6) is -1.87. The lowest BCUT2D eigenvalue weighted by Gasteiger charge is -2.46. The van der Waals surface area contributed by atoms with Crippen molar-refractivity contribution in [2.75, 3.05) is 0 Å². The van der Waals surface area contributed by atoms with Gasteiger partial charge in [0.05, 0.1) is 0 Å². The highest BCUT2D eigenvalue weighted by Crippen LogP contribution is 2.29. The largest absolute Gasteiger partial charge is 0.347 e. The molecule has 2 aliphatic heterocycles. The molecule has 0 aliphatic carbocycles. The third-order valence-corrected chi connectivity index (χ3v) is 7.47. The lowest BCUT2D eigenvalue weighted by molar-refractivity contribution is -0.146. The van der Waals surface area contributed by atoms with Gasteiger partial charge in [-0.1, -0.05) is 0 Å². The molecule has 1 atom stereocenters. The topological polar surface area (TPSA) is 213 Å². The predicted molar refractivity (Wildman–Crippen MR) is 156 cm³/mol. The molecule has 0 aromatic rings. The molecule has 14 heteroatoms. The summed E-state index contributed by atoms with van der Waals surface area (Å²) >= 11 is 0. The summed E-state index contributed by atoms with van der Waals surface area (Å²) in [5.41, 5.74) is 5.00. The second kappa shape index (κ2) is 13.5. The zero-order valence-corrected chi connectivity index (χ0v) is 26.2.